The molecule has 1 aromatic heterocycles. The molecule has 0 saturated carbocycles. The van der Waals surface area contributed by atoms with Crippen LogP contribution in [0.5, 0.6) is 0 Å². The van der Waals surface area contributed by atoms with Crippen molar-refractivity contribution in [2.24, 2.45) is 36.6 Å². The number of esters is 2. The average Bonchev–Trinajstić information content (AvgIpc) is 3.37. The molecule has 0 radical (unpaired) electrons. The lowest BCUT2D eigenvalue weighted by Gasteiger charge is -2.43. The Morgan fingerprint density at radius 2 is 1.93 bits per heavy atom. The number of carbonyl (C=O) groups excluding carboxylic acids is 2. The summed E-state index contributed by atoms with van der Waals surface area (Å²) in [6.45, 7) is 8.23. The third kappa shape index (κ3) is 9.11. The van der Waals surface area contributed by atoms with E-state index in [9.17, 15) is 19.8 Å². The van der Waals surface area contributed by atoms with Crippen molar-refractivity contribution in [1.29, 1.82) is 0 Å². The molecule has 0 spiro atoms. The first-order valence-electron chi connectivity index (χ1n) is 15.5. The normalized spacial score (nSPS) is 33.6. The van der Waals surface area contributed by atoms with Crippen LogP contribution in [-0.2, 0) is 35.6 Å². The van der Waals surface area contributed by atoms with E-state index < -0.39 is 30.6 Å². The maximum atomic E-state index is 12.8. The summed E-state index contributed by atoms with van der Waals surface area (Å²) < 4.78 is 24.9. The van der Waals surface area contributed by atoms with Gasteiger partial charge in [-0.1, -0.05) is 37.6 Å². The van der Waals surface area contributed by atoms with Crippen molar-refractivity contribution in [3.63, 3.8) is 0 Å². The van der Waals surface area contributed by atoms with Crippen molar-refractivity contribution in [1.82, 2.24) is 9.55 Å². The van der Waals surface area contributed by atoms with Crippen LogP contribution in [0.1, 0.15) is 65.5 Å². The monoisotopic (exact) mass is 600 g/mol. The molecule has 0 aromatic carbocycles. The highest BCUT2D eigenvalue weighted by Gasteiger charge is 2.43. The second-order valence-electron chi connectivity index (χ2n) is 12.7. The Hall–Kier alpha value is -2.79. The van der Waals surface area contributed by atoms with Crippen molar-refractivity contribution >= 4 is 18.0 Å². The van der Waals surface area contributed by atoms with E-state index in [2.05, 4.69) is 44.0 Å². The molecule has 0 amide bonds. The van der Waals surface area contributed by atoms with Crippen LogP contribution in [0.3, 0.4) is 0 Å². The van der Waals surface area contributed by atoms with Gasteiger partial charge in [0.15, 0.2) is 12.4 Å². The SMILES string of the molecule is CC(=O)OC1C(O)[C@H](O)CO[C@H]1OCC1CC=CC[C@@H](OC(=O)C=Cc2cn(C)cn2)C[C@H]2C(C)=CC[C@H](C(C)C)[C@H]2C1. The number of aromatic nitrogens is 2. The van der Waals surface area contributed by atoms with E-state index in [1.807, 2.05) is 17.8 Å². The Bertz CT molecular complexity index is 1170. The predicted molar refractivity (Wildman–Crippen MR) is 160 cm³/mol. The first-order chi connectivity index (χ1) is 20.5. The van der Waals surface area contributed by atoms with Crippen LogP contribution in [0, 0.1) is 29.6 Å². The number of carbonyl (C=O) groups is 2. The van der Waals surface area contributed by atoms with Gasteiger partial charge in [0, 0.05) is 32.7 Å². The Balaban J connectivity index is 1.49. The van der Waals surface area contributed by atoms with Crippen LogP contribution in [0.4, 0.5) is 0 Å². The molecule has 1 aliphatic heterocycles. The molecule has 2 N–H and O–H groups in total. The standard InChI is InChI=1S/C33H48N2O8/c1-20(2)26-12-10-21(3)27-15-25(43-30(38)13-11-24-16-35(5)19-34-24)9-7-6-8-23(14-28(26)27)17-40-33-32(42-22(4)36)31(39)29(37)18-41-33/h6-7,10-11,13,16,19-20,23,25-29,31-33,37,39H,8-9,12,14-15,17-18H2,1-5H3/t23?,25-,26-,27+,28-,29-,31?,32?,33-/m1/s1. The van der Waals surface area contributed by atoms with Gasteiger partial charge >= 0.3 is 11.9 Å². The molecular formula is C33H48N2O8. The number of imidazole rings is 1. The van der Waals surface area contributed by atoms with Gasteiger partial charge in [0.1, 0.15) is 18.3 Å². The Morgan fingerprint density at radius 3 is 2.63 bits per heavy atom. The minimum Gasteiger partial charge on any atom is -0.459 e. The molecule has 10 nitrogen and oxygen atoms in total. The molecule has 9 atom stereocenters. The van der Waals surface area contributed by atoms with Gasteiger partial charge in [-0.2, -0.15) is 0 Å². The van der Waals surface area contributed by atoms with Crippen molar-refractivity contribution in [3.8, 4) is 0 Å². The molecule has 3 unspecified atom stereocenters. The molecule has 2 aliphatic carbocycles. The van der Waals surface area contributed by atoms with Gasteiger partial charge in [0.25, 0.3) is 0 Å². The second-order valence-corrected chi connectivity index (χ2v) is 12.7. The first kappa shape index (κ1) is 33.1. The molecular weight excluding hydrogens is 552 g/mol. The molecule has 2 heterocycles. The largest absolute Gasteiger partial charge is 0.459 e. The quantitative estimate of drug-likeness (QED) is 0.259. The molecule has 238 valence electrons. The van der Waals surface area contributed by atoms with E-state index in [0.29, 0.717) is 36.5 Å². The van der Waals surface area contributed by atoms with Crippen molar-refractivity contribution in [3.05, 3.63) is 48.1 Å². The zero-order valence-electron chi connectivity index (χ0n) is 26.0. The van der Waals surface area contributed by atoms with Gasteiger partial charge in [0.05, 0.1) is 25.2 Å². The first-order valence-corrected chi connectivity index (χ1v) is 15.5. The minimum atomic E-state index is -1.29. The number of nitrogens with zero attached hydrogens (tertiary/aromatic N) is 2. The maximum Gasteiger partial charge on any atom is 0.331 e. The predicted octanol–water partition coefficient (Wildman–Crippen LogP) is 3.97. The second kappa shape index (κ2) is 15.3. The minimum absolute atomic E-state index is 0.102. The molecule has 4 rings (SSSR count). The molecule has 0 bridgehead atoms. The van der Waals surface area contributed by atoms with Gasteiger partial charge in [0.2, 0.25) is 0 Å². The Kier molecular flexibility index (Phi) is 11.8. The van der Waals surface area contributed by atoms with E-state index in [-0.39, 0.29) is 30.5 Å². The lowest BCUT2D eigenvalue weighted by Crippen LogP contribution is -2.55. The number of aliphatic hydroxyl groups is 2. The van der Waals surface area contributed by atoms with E-state index in [4.69, 9.17) is 18.9 Å². The average molecular weight is 601 g/mol. The summed E-state index contributed by atoms with van der Waals surface area (Å²) in [7, 11) is 1.88. The van der Waals surface area contributed by atoms with Gasteiger partial charge in [-0.15, -0.1) is 0 Å². The van der Waals surface area contributed by atoms with Crippen LogP contribution >= 0.6 is 0 Å². The van der Waals surface area contributed by atoms with Crippen LogP contribution in [0.15, 0.2) is 42.4 Å². The summed E-state index contributed by atoms with van der Waals surface area (Å²) in [5, 5.41) is 20.5. The molecule has 1 saturated heterocycles. The lowest BCUT2D eigenvalue weighted by atomic mass is 9.63. The zero-order chi connectivity index (χ0) is 31.1. The van der Waals surface area contributed by atoms with Crippen molar-refractivity contribution in [2.75, 3.05) is 13.2 Å². The highest BCUT2D eigenvalue weighted by atomic mass is 16.7. The fourth-order valence-electron chi connectivity index (χ4n) is 6.71. The van der Waals surface area contributed by atoms with Crippen LogP contribution in [0.25, 0.3) is 6.08 Å². The van der Waals surface area contributed by atoms with Gasteiger partial charge in [-0.3, -0.25) is 4.79 Å². The Morgan fingerprint density at radius 1 is 1.16 bits per heavy atom. The van der Waals surface area contributed by atoms with Gasteiger partial charge in [-0.05, 0) is 68.3 Å². The number of fused-ring (bicyclic) bond motifs is 1. The zero-order valence-corrected chi connectivity index (χ0v) is 26.0. The number of aliphatic hydroxyl groups excluding tert-OH is 2. The summed E-state index contributed by atoms with van der Waals surface area (Å²) in [6, 6.07) is 0. The third-order valence-corrected chi connectivity index (χ3v) is 9.00. The van der Waals surface area contributed by atoms with E-state index in [1.54, 1.807) is 12.4 Å². The number of aryl methyl sites for hydroxylation is 1. The van der Waals surface area contributed by atoms with Gasteiger partial charge < -0.3 is 33.7 Å². The number of hydrogen-bond donors (Lipinski definition) is 2. The molecule has 1 fully saturated rings. The number of ether oxygens (including phenoxy) is 4. The Labute approximate surface area is 254 Å². The van der Waals surface area contributed by atoms with E-state index >= 15 is 0 Å². The molecule has 43 heavy (non-hydrogen) atoms. The number of allylic oxidation sites excluding steroid dienone is 3. The summed E-state index contributed by atoms with van der Waals surface area (Å²) in [5.41, 5.74) is 2.03. The van der Waals surface area contributed by atoms with E-state index in [1.165, 1.54) is 18.6 Å². The van der Waals surface area contributed by atoms with Crippen molar-refractivity contribution < 1.29 is 38.7 Å². The summed E-state index contributed by atoms with van der Waals surface area (Å²) in [5.74, 6) is 0.767. The highest BCUT2D eigenvalue weighted by Crippen LogP contribution is 2.45. The molecule has 10 heteroatoms. The number of rotatable bonds is 8. The van der Waals surface area contributed by atoms with Crippen LogP contribution < -0.4 is 0 Å². The maximum absolute atomic E-state index is 12.8. The van der Waals surface area contributed by atoms with Crippen molar-refractivity contribution in [2.45, 2.75) is 90.5 Å². The third-order valence-electron chi connectivity index (χ3n) is 9.00. The summed E-state index contributed by atoms with van der Waals surface area (Å²) in [6.07, 6.45) is 12.5. The van der Waals surface area contributed by atoms with Crippen LogP contribution in [-0.4, -0.2) is 75.6 Å². The fraction of sp³-hybridized carbons (Fsp3) is 0.667. The number of hydrogen-bond acceptors (Lipinski definition) is 9. The summed E-state index contributed by atoms with van der Waals surface area (Å²) in [4.78, 5) is 28.7. The van der Waals surface area contributed by atoms with E-state index in [0.717, 1.165) is 25.7 Å². The molecule has 1 aromatic rings. The fourth-order valence-corrected chi connectivity index (χ4v) is 6.71. The van der Waals surface area contributed by atoms with Crippen LogP contribution in [0.2, 0.25) is 0 Å². The smallest absolute Gasteiger partial charge is 0.331 e. The summed E-state index contributed by atoms with van der Waals surface area (Å²) >= 11 is 0. The molecule has 3 aliphatic rings. The lowest BCUT2D eigenvalue weighted by molar-refractivity contribution is -0.277. The van der Waals surface area contributed by atoms with Gasteiger partial charge in [-0.25, -0.2) is 9.78 Å². The highest BCUT2D eigenvalue weighted by molar-refractivity contribution is 5.86. The topological polar surface area (TPSA) is 129 Å².